The van der Waals surface area contributed by atoms with Crippen LogP contribution in [0.1, 0.15) is 22.6 Å². The summed E-state index contributed by atoms with van der Waals surface area (Å²) in [4.78, 5) is 36.9. The summed E-state index contributed by atoms with van der Waals surface area (Å²) in [6, 6.07) is 9.28. The van der Waals surface area contributed by atoms with Crippen LogP contribution in [-0.4, -0.2) is 29.9 Å². The molecule has 0 saturated carbocycles. The van der Waals surface area contributed by atoms with E-state index in [-0.39, 0.29) is 5.56 Å². The largest absolute Gasteiger partial charge is 0.294 e. The van der Waals surface area contributed by atoms with Crippen molar-refractivity contribution in [2.45, 2.75) is 31.7 Å². The van der Waals surface area contributed by atoms with E-state index in [2.05, 4.69) is 35.2 Å². The first-order chi connectivity index (χ1) is 14.0. The molecule has 0 aliphatic rings. The van der Waals surface area contributed by atoms with Crippen LogP contribution in [0.15, 0.2) is 46.5 Å². The van der Waals surface area contributed by atoms with E-state index >= 15 is 0 Å². The molecule has 0 atom stereocenters. The second kappa shape index (κ2) is 7.96. The van der Waals surface area contributed by atoms with Crippen molar-refractivity contribution >= 4 is 34.6 Å². The Balaban J connectivity index is 1.59. The van der Waals surface area contributed by atoms with Crippen molar-refractivity contribution in [3.63, 3.8) is 0 Å². The average Bonchev–Trinajstić information content (AvgIpc) is 2.67. The fourth-order valence-corrected chi connectivity index (χ4v) is 3.65. The number of benzene rings is 1. The molecule has 0 amide bonds. The Labute approximate surface area is 171 Å². The number of aromatic nitrogens is 6. The van der Waals surface area contributed by atoms with E-state index in [1.54, 1.807) is 6.20 Å². The molecular formula is C20H19N7OS. The van der Waals surface area contributed by atoms with Crippen LogP contribution >= 0.6 is 11.8 Å². The molecule has 29 heavy (non-hydrogen) atoms. The third-order valence-electron chi connectivity index (χ3n) is 4.27. The number of anilines is 2. The number of hydrogen-bond donors (Lipinski definition) is 2. The molecule has 1 aromatic carbocycles. The van der Waals surface area contributed by atoms with Crippen LogP contribution in [0.4, 0.5) is 11.9 Å². The van der Waals surface area contributed by atoms with E-state index in [0.29, 0.717) is 28.5 Å². The molecule has 0 spiro atoms. The quantitative estimate of drug-likeness (QED) is 0.384. The second-order valence-corrected chi connectivity index (χ2v) is 7.53. The Bertz CT molecular complexity index is 1260. The number of nitrogens with zero attached hydrogens (tertiary/aromatic N) is 5. The molecule has 0 aliphatic carbocycles. The maximum atomic E-state index is 12.1. The van der Waals surface area contributed by atoms with Crippen molar-refractivity contribution < 1.29 is 0 Å². The summed E-state index contributed by atoms with van der Waals surface area (Å²) in [5.74, 6) is 1.16. The molecular weight excluding hydrogens is 386 g/mol. The number of rotatable bonds is 5. The molecule has 3 aromatic heterocycles. The molecule has 146 valence electrons. The molecule has 0 aliphatic heterocycles. The maximum absolute atomic E-state index is 12.1. The van der Waals surface area contributed by atoms with Gasteiger partial charge in [-0.3, -0.25) is 15.1 Å². The lowest BCUT2D eigenvalue weighted by Crippen LogP contribution is -2.13. The molecule has 0 bridgehead atoms. The number of nitrogens with one attached hydrogen (secondary N) is 2. The number of fused-ring (bicyclic) bond motifs is 1. The third-order valence-corrected chi connectivity index (χ3v) is 5.16. The van der Waals surface area contributed by atoms with Crippen molar-refractivity contribution in [1.29, 1.82) is 0 Å². The van der Waals surface area contributed by atoms with Gasteiger partial charge in [0, 0.05) is 29.1 Å². The highest BCUT2D eigenvalue weighted by Crippen LogP contribution is 2.22. The average molecular weight is 405 g/mol. The van der Waals surface area contributed by atoms with Crippen molar-refractivity contribution in [3.8, 4) is 0 Å². The molecule has 2 N–H and O–H groups in total. The van der Waals surface area contributed by atoms with Crippen LogP contribution in [0.3, 0.4) is 0 Å². The van der Waals surface area contributed by atoms with Gasteiger partial charge in [0.05, 0.1) is 16.9 Å². The fourth-order valence-electron chi connectivity index (χ4n) is 2.89. The summed E-state index contributed by atoms with van der Waals surface area (Å²) in [5.41, 5.74) is 4.03. The summed E-state index contributed by atoms with van der Waals surface area (Å²) in [7, 11) is 0. The minimum atomic E-state index is -0.253. The molecule has 0 fully saturated rings. The number of aromatic amines is 1. The van der Waals surface area contributed by atoms with E-state index in [0.717, 1.165) is 27.9 Å². The van der Waals surface area contributed by atoms with Gasteiger partial charge in [0.25, 0.3) is 5.56 Å². The molecule has 4 rings (SSSR count). The van der Waals surface area contributed by atoms with Gasteiger partial charge in [-0.25, -0.2) is 24.9 Å². The first kappa shape index (κ1) is 19.0. The van der Waals surface area contributed by atoms with Crippen LogP contribution in [0.5, 0.6) is 0 Å². The van der Waals surface area contributed by atoms with Crippen LogP contribution < -0.4 is 10.9 Å². The molecule has 4 aromatic rings. The minimum absolute atomic E-state index is 0.253. The summed E-state index contributed by atoms with van der Waals surface area (Å²) in [6.07, 6.45) is 1.71. The van der Waals surface area contributed by atoms with Gasteiger partial charge in [0.1, 0.15) is 0 Å². The van der Waals surface area contributed by atoms with E-state index in [1.165, 1.54) is 17.8 Å². The Hall–Kier alpha value is -3.33. The van der Waals surface area contributed by atoms with Gasteiger partial charge in [-0.05, 0) is 32.4 Å². The third kappa shape index (κ3) is 4.40. The summed E-state index contributed by atoms with van der Waals surface area (Å²) in [5, 5.41) is 4.67. The fraction of sp³-hybridized carbons (Fsp3) is 0.200. The monoisotopic (exact) mass is 405 g/mol. The van der Waals surface area contributed by atoms with Crippen LogP contribution in [0, 0.1) is 20.8 Å². The van der Waals surface area contributed by atoms with Gasteiger partial charge < -0.3 is 0 Å². The lowest BCUT2D eigenvalue weighted by molar-refractivity contribution is 0.929. The Morgan fingerprint density at radius 1 is 1.07 bits per heavy atom. The molecule has 0 saturated heterocycles. The summed E-state index contributed by atoms with van der Waals surface area (Å²) in [6.45, 7) is 5.84. The smallest absolute Gasteiger partial charge is 0.252 e. The standard InChI is InChI=1S/C20H19N7OS/c1-11-5-4-6-15-13(3)23-18(26-17(11)15)27-19-24-14(9-16(28)25-19)10-29-20-21-8-7-12(2)22-20/h4-9H,10H2,1-3H3,(H2,23,24,25,26,27,28). The molecule has 0 radical (unpaired) electrons. The van der Waals surface area contributed by atoms with Crippen molar-refractivity contribution in [3.05, 3.63) is 69.5 Å². The van der Waals surface area contributed by atoms with Gasteiger partial charge in [-0.2, -0.15) is 0 Å². The topological polar surface area (TPSA) is 109 Å². The number of H-pyrrole nitrogens is 1. The summed E-state index contributed by atoms with van der Waals surface area (Å²) < 4.78 is 0. The zero-order chi connectivity index (χ0) is 20.4. The molecule has 9 heteroatoms. The predicted octanol–water partition coefficient (Wildman–Crippen LogP) is 3.46. The Morgan fingerprint density at radius 2 is 1.93 bits per heavy atom. The lowest BCUT2D eigenvalue weighted by Gasteiger charge is -2.09. The van der Waals surface area contributed by atoms with Crippen LogP contribution in [0.2, 0.25) is 0 Å². The van der Waals surface area contributed by atoms with Crippen molar-refractivity contribution in [2.24, 2.45) is 0 Å². The highest BCUT2D eigenvalue weighted by atomic mass is 32.2. The molecule has 8 nitrogen and oxygen atoms in total. The van der Waals surface area contributed by atoms with E-state index in [1.807, 2.05) is 45.0 Å². The highest BCUT2D eigenvalue weighted by molar-refractivity contribution is 7.98. The van der Waals surface area contributed by atoms with Gasteiger partial charge in [0.2, 0.25) is 11.9 Å². The van der Waals surface area contributed by atoms with Gasteiger partial charge in [0.15, 0.2) is 5.16 Å². The maximum Gasteiger partial charge on any atom is 0.252 e. The van der Waals surface area contributed by atoms with E-state index in [4.69, 9.17) is 0 Å². The first-order valence-electron chi connectivity index (χ1n) is 9.01. The van der Waals surface area contributed by atoms with Crippen molar-refractivity contribution in [1.82, 2.24) is 29.9 Å². The SMILES string of the molecule is Cc1ccnc(SCc2cc(=O)[nH]c(Nc3nc(C)c4cccc(C)c4n3)n2)n1. The number of aryl methyl sites for hydroxylation is 3. The van der Waals surface area contributed by atoms with E-state index in [9.17, 15) is 4.79 Å². The van der Waals surface area contributed by atoms with Crippen LogP contribution in [-0.2, 0) is 5.75 Å². The Morgan fingerprint density at radius 3 is 2.76 bits per heavy atom. The number of hydrogen-bond acceptors (Lipinski definition) is 8. The lowest BCUT2D eigenvalue weighted by atomic mass is 10.1. The highest BCUT2D eigenvalue weighted by Gasteiger charge is 2.09. The normalized spacial score (nSPS) is 11.0. The minimum Gasteiger partial charge on any atom is -0.294 e. The number of para-hydroxylation sites is 1. The Kier molecular flexibility index (Phi) is 5.22. The summed E-state index contributed by atoms with van der Waals surface area (Å²) >= 11 is 1.42. The van der Waals surface area contributed by atoms with E-state index < -0.39 is 0 Å². The zero-order valence-corrected chi connectivity index (χ0v) is 17.0. The molecule has 3 heterocycles. The van der Waals surface area contributed by atoms with Crippen LogP contribution in [0.25, 0.3) is 10.9 Å². The zero-order valence-electron chi connectivity index (χ0n) is 16.2. The predicted molar refractivity (Wildman–Crippen MR) is 113 cm³/mol. The van der Waals surface area contributed by atoms with Gasteiger partial charge >= 0.3 is 0 Å². The van der Waals surface area contributed by atoms with Gasteiger partial charge in [-0.1, -0.05) is 30.0 Å². The van der Waals surface area contributed by atoms with Crippen molar-refractivity contribution in [2.75, 3.05) is 5.32 Å². The first-order valence-corrected chi connectivity index (χ1v) is 10.0. The number of thioether (sulfide) groups is 1. The molecule has 0 unspecified atom stereocenters. The van der Waals surface area contributed by atoms with Gasteiger partial charge in [-0.15, -0.1) is 0 Å². The second-order valence-electron chi connectivity index (χ2n) is 6.58.